The monoisotopic (exact) mass is 315 g/mol. The Labute approximate surface area is 127 Å². The summed E-state index contributed by atoms with van der Waals surface area (Å²) in [6.45, 7) is 5.17. The fourth-order valence-electron chi connectivity index (χ4n) is 2.96. The van der Waals surface area contributed by atoms with E-state index in [-0.39, 0.29) is 5.69 Å². The maximum atomic E-state index is 13.1. The fraction of sp³-hybridized carbons (Fsp3) is 0.600. The number of hydrogen-bond donors (Lipinski definition) is 1. The van der Waals surface area contributed by atoms with Crippen molar-refractivity contribution >= 4 is 5.69 Å². The lowest BCUT2D eigenvalue weighted by Crippen LogP contribution is -2.56. The van der Waals surface area contributed by atoms with Gasteiger partial charge in [0.25, 0.3) is 0 Å². The molecule has 4 nitrogen and oxygen atoms in total. The number of nitrogens with two attached hydrogens (primary N) is 1. The second-order valence-corrected chi connectivity index (χ2v) is 5.92. The molecule has 0 radical (unpaired) electrons. The highest BCUT2D eigenvalue weighted by atomic mass is 19.4. The molecule has 0 atom stereocenters. The molecular weight excluding hydrogens is 295 g/mol. The Kier molecular flexibility index (Phi) is 4.29. The van der Waals surface area contributed by atoms with Crippen molar-refractivity contribution in [3.63, 3.8) is 0 Å². The summed E-state index contributed by atoms with van der Waals surface area (Å²) in [7, 11) is 0. The third kappa shape index (κ3) is 3.37. The summed E-state index contributed by atoms with van der Waals surface area (Å²) >= 11 is 0. The smallest absolute Gasteiger partial charge is 0.399 e. The van der Waals surface area contributed by atoms with Crippen LogP contribution in [0.15, 0.2) is 18.2 Å². The van der Waals surface area contributed by atoms with Crippen LogP contribution in [0.3, 0.4) is 0 Å². The average Bonchev–Trinajstić information content (AvgIpc) is 2.40. The lowest BCUT2D eigenvalue weighted by Gasteiger charge is -2.42. The van der Waals surface area contributed by atoms with Gasteiger partial charge in [-0.25, -0.2) is 0 Å². The fourth-order valence-corrected chi connectivity index (χ4v) is 2.96. The largest absolute Gasteiger partial charge is 0.416 e. The molecule has 2 N–H and O–H groups in total. The Balaban J connectivity index is 1.64. The molecule has 3 rings (SSSR count). The average molecular weight is 315 g/mol. The SMILES string of the molecule is Nc1ccc(CN2CCN(C3COC3)CC2)c(C(F)(F)F)c1. The highest BCUT2D eigenvalue weighted by Crippen LogP contribution is 2.34. The van der Waals surface area contributed by atoms with Crippen LogP contribution in [0.1, 0.15) is 11.1 Å². The van der Waals surface area contributed by atoms with Crippen LogP contribution >= 0.6 is 0 Å². The quantitative estimate of drug-likeness (QED) is 0.864. The number of halogens is 3. The van der Waals surface area contributed by atoms with E-state index in [0.29, 0.717) is 18.2 Å². The summed E-state index contributed by atoms with van der Waals surface area (Å²) in [6.07, 6.45) is -4.37. The molecule has 0 aromatic heterocycles. The first kappa shape index (κ1) is 15.6. The lowest BCUT2D eigenvalue weighted by molar-refractivity contribution is -0.138. The van der Waals surface area contributed by atoms with E-state index in [1.54, 1.807) is 0 Å². The summed E-state index contributed by atoms with van der Waals surface area (Å²) in [6, 6.07) is 4.54. The minimum atomic E-state index is -4.37. The highest BCUT2D eigenvalue weighted by molar-refractivity contribution is 5.46. The van der Waals surface area contributed by atoms with Gasteiger partial charge in [-0.3, -0.25) is 9.80 Å². The molecular formula is C15H20F3N3O. The molecule has 0 amide bonds. The van der Waals surface area contributed by atoms with Gasteiger partial charge in [0, 0.05) is 38.4 Å². The van der Waals surface area contributed by atoms with E-state index in [9.17, 15) is 13.2 Å². The molecule has 1 aromatic carbocycles. The Morgan fingerprint density at radius 2 is 1.82 bits per heavy atom. The summed E-state index contributed by atoms with van der Waals surface area (Å²) in [5.74, 6) is 0. The number of benzene rings is 1. The zero-order valence-electron chi connectivity index (χ0n) is 12.3. The molecule has 22 heavy (non-hydrogen) atoms. The van der Waals surface area contributed by atoms with Crippen molar-refractivity contribution in [3.05, 3.63) is 29.3 Å². The van der Waals surface area contributed by atoms with Crippen LogP contribution in [0.4, 0.5) is 18.9 Å². The van der Waals surface area contributed by atoms with E-state index in [4.69, 9.17) is 10.5 Å². The zero-order chi connectivity index (χ0) is 15.7. The molecule has 0 saturated carbocycles. The van der Waals surface area contributed by atoms with Crippen LogP contribution < -0.4 is 5.73 Å². The van der Waals surface area contributed by atoms with Gasteiger partial charge in [-0.05, 0) is 17.7 Å². The first-order valence-electron chi connectivity index (χ1n) is 7.43. The van der Waals surface area contributed by atoms with E-state index in [1.165, 1.54) is 12.1 Å². The minimum Gasteiger partial charge on any atom is -0.399 e. The maximum Gasteiger partial charge on any atom is 0.416 e. The molecule has 122 valence electrons. The zero-order valence-corrected chi connectivity index (χ0v) is 12.3. The van der Waals surface area contributed by atoms with Gasteiger partial charge in [-0.15, -0.1) is 0 Å². The number of anilines is 1. The second kappa shape index (κ2) is 6.06. The molecule has 7 heteroatoms. The standard InChI is InChI=1S/C15H20F3N3O/c16-15(17,18)14-7-12(19)2-1-11(14)8-20-3-5-21(6-4-20)13-9-22-10-13/h1-2,7,13H,3-6,8-10,19H2. The van der Waals surface area contributed by atoms with Gasteiger partial charge < -0.3 is 10.5 Å². The summed E-state index contributed by atoms with van der Waals surface area (Å²) < 4.78 is 44.5. The van der Waals surface area contributed by atoms with Crippen LogP contribution in [0, 0.1) is 0 Å². The Morgan fingerprint density at radius 1 is 1.14 bits per heavy atom. The first-order chi connectivity index (χ1) is 10.4. The normalized spacial score (nSPS) is 21.8. The number of nitrogens with zero attached hydrogens (tertiary/aromatic N) is 2. The predicted molar refractivity (Wildman–Crippen MR) is 77.3 cm³/mol. The van der Waals surface area contributed by atoms with Crippen molar-refractivity contribution < 1.29 is 17.9 Å². The van der Waals surface area contributed by atoms with Crippen molar-refractivity contribution in [2.75, 3.05) is 45.1 Å². The maximum absolute atomic E-state index is 13.1. The summed E-state index contributed by atoms with van der Waals surface area (Å²) in [5, 5.41) is 0. The molecule has 0 spiro atoms. The number of hydrogen-bond acceptors (Lipinski definition) is 4. The third-order valence-corrected chi connectivity index (χ3v) is 4.38. The van der Waals surface area contributed by atoms with Crippen molar-refractivity contribution in [1.29, 1.82) is 0 Å². The Bertz CT molecular complexity index is 523. The summed E-state index contributed by atoms with van der Waals surface area (Å²) in [5.41, 5.74) is 5.31. The molecule has 1 aromatic rings. The second-order valence-electron chi connectivity index (χ2n) is 5.92. The summed E-state index contributed by atoms with van der Waals surface area (Å²) in [4.78, 5) is 4.42. The van der Waals surface area contributed by atoms with E-state index < -0.39 is 11.7 Å². The van der Waals surface area contributed by atoms with Crippen molar-refractivity contribution in [2.24, 2.45) is 0 Å². The molecule has 2 aliphatic rings. The van der Waals surface area contributed by atoms with Crippen molar-refractivity contribution in [3.8, 4) is 0 Å². The van der Waals surface area contributed by atoms with E-state index in [0.717, 1.165) is 45.5 Å². The van der Waals surface area contributed by atoms with Gasteiger partial charge in [-0.2, -0.15) is 13.2 Å². The molecule has 0 unspecified atom stereocenters. The van der Waals surface area contributed by atoms with Crippen LogP contribution in [0.25, 0.3) is 0 Å². The first-order valence-corrected chi connectivity index (χ1v) is 7.43. The number of rotatable bonds is 3. The minimum absolute atomic E-state index is 0.144. The predicted octanol–water partition coefficient (Wildman–Crippen LogP) is 1.80. The van der Waals surface area contributed by atoms with Crippen LogP contribution in [-0.2, 0) is 17.5 Å². The van der Waals surface area contributed by atoms with Crippen LogP contribution in [0.2, 0.25) is 0 Å². The molecule has 2 fully saturated rings. The van der Waals surface area contributed by atoms with Gasteiger partial charge in [0.2, 0.25) is 0 Å². The molecule has 2 heterocycles. The van der Waals surface area contributed by atoms with Gasteiger partial charge >= 0.3 is 6.18 Å². The third-order valence-electron chi connectivity index (χ3n) is 4.38. The molecule has 2 aliphatic heterocycles. The number of piperazine rings is 1. The van der Waals surface area contributed by atoms with E-state index in [2.05, 4.69) is 9.80 Å². The van der Waals surface area contributed by atoms with Crippen LogP contribution in [-0.4, -0.2) is 55.2 Å². The highest BCUT2D eigenvalue weighted by Gasteiger charge is 2.34. The number of nitrogen functional groups attached to an aromatic ring is 1. The van der Waals surface area contributed by atoms with Gasteiger partial charge in [0.15, 0.2) is 0 Å². The van der Waals surface area contributed by atoms with E-state index >= 15 is 0 Å². The van der Waals surface area contributed by atoms with Gasteiger partial charge in [-0.1, -0.05) is 6.07 Å². The van der Waals surface area contributed by atoms with Crippen molar-refractivity contribution in [1.82, 2.24) is 9.80 Å². The van der Waals surface area contributed by atoms with Crippen molar-refractivity contribution in [2.45, 2.75) is 18.8 Å². The Hall–Kier alpha value is -1.31. The van der Waals surface area contributed by atoms with E-state index in [1.807, 2.05) is 0 Å². The van der Waals surface area contributed by atoms with Gasteiger partial charge in [0.05, 0.1) is 24.8 Å². The number of ether oxygens (including phenoxy) is 1. The number of alkyl halides is 3. The molecule has 2 saturated heterocycles. The lowest BCUT2D eigenvalue weighted by atomic mass is 10.0. The molecule has 0 bridgehead atoms. The topological polar surface area (TPSA) is 41.7 Å². The Morgan fingerprint density at radius 3 is 2.36 bits per heavy atom. The van der Waals surface area contributed by atoms with Crippen LogP contribution in [0.5, 0.6) is 0 Å². The van der Waals surface area contributed by atoms with Gasteiger partial charge in [0.1, 0.15) is 0 Å². The molecule has 0 aliphatic carbocycles.